The molecule has 0 spiro atoms. The molecule has 4 heteroatoms. The Kier molecular flexibility index (Phi) is 3.50. The van der Waals surface area contributed by atoms with Crippen LogP contribution in [0.25, 0.3) is 0 Å². The molecular formula is C10H11N3O. The molecule has 0 atom stereocenters. The summed E-state index contributed by atoms with van der Waals surface area (Å²) in [6.45, 7) is 1.77. The van der Waals surface area contributed by atoms with E-state index in [2.05, 4.69) is 22.1 Å². The third kappa shape index (κ3) is 3.15. The summed E-state index contributed by atoms with van der Waals surface area (Å²) in [5, 5.41) is 2.56. The van der Waals surface area contributed by atoms with Crippen molar-refractivity contribution in [1.82, 2.24) is 10.3 Å². The third-order valence-corrected chi connectivity index (χ3v) is 1.49. The summed E-state index contributed by atoms with van der Waals surface area (Å²) in [4.78, 5) is 14.4. The SMILES string of the molecule is CC(=O)NCC#Cc1cccnc1N. The fraction of sp³-hybridized carbons (Fsp3) is 0.200. The first-order chi connectivity index (χ1) is 6.70. The highest BCUT2D eigenvalue weighted by atomic mass is 16.1. The average molecular weight is 189 g/mol. The highest BCUT2D eigenvalue weighted by Gasteiger charge is 1.92. The van der Waals surface area contributed by atoms with Gasteiger partial charge in [-0.25, -0.2) is 4.98 Å². The lowest BCUT2D eigenvalue weighted by Gasteiger charge is -1.94. The summed E-state index contributed by atoms with van der Waals surface area (Å²) in [6, 6.07) is 3.54. The van der Waals surface area contributed by atoms with Crippen molar-refractivity contribution >= 4 is 11.7 Å². The zero-order valence-corrected chi connectivity index (χ0v) is 7.87. The van der Waals surface area contributed by atoms with Crippen LogP contribution in [0.3, 0.4) is 0 Å². The number of carbonyl (C=O) groups is 1. The van der Waals surface area contributed by atoms with Crippen molar-refractivity contribution < 1.29 is 4.79 Å². The number of pyridine rings is 1. The van der Waals surface area contributed by atoms with Gasteiger partial charge in [-0.2, -0.15) is 0 Å². The molecule has 1 heterocycles. The van der Waals surface area contributed by atoms with Crippen molar-refractivity contribution in [3.05, 3.63) is 23.9 Å². The maximum atomic E-state index is 10.5. The highest BCUT2D eigenvalue weighted by Crippen LogP contribution is 2.03. The molecule has 72 valence electrons. The van der Waals surface area contributed by atoms with Gasteiger partial charge in [-0.1, -0.05) is 11.8 Å². The Morgan fingerprint density at radius 1 is 1.71 bits per heavy atom. The minimum absolute atomic E-state index is 0.0986. The third-order valence-electron chi connectivity index (χ3n) is 1.49. The lowest BCUT2D eigenvalue weighted by molar-refractivity contribution is -0.118. The maximum Gasteiger partial charge on any atom is 0.217 e. The molecule has 1 aromatic rings. The van der Waals surface area contributed by atoms with Crippen LogP contribution in [0.2, 0.25) is 0 Å². The molecule has 4 nitrogen and oxygen atoms in total. The Hall–Kier alpha value is -2.02. The predicted molar refractivity (Wildman–Crippen MR) is 54.2 cm³/mol. The number of carbonyl (C=O) groups excluding carboxylic acids is 1. The van der Waals surface area contributed by atoms with Gasteiger partial charge in [0.05, 0.1) is 12.1 Å². The molecule has 0 saturated heterocycles. The van der Waals surface area contributed by atoms with Crippen LogP contribution in [0.15, 0.2) is 18.3 Å². The van der Waals surface area contributed by atoms with Gasteiger partial charge in [0, 0.05) is 13.1 Å². The van der Waals surface area contributed by atoms with Gasteiger partial charge >= 0.3 is 0 Å². The lowest BCUT2D eigenvalue weighted by atomic mass is 10.2. The fourth-order valence-corrected chi connectivity index (χ4v) is 0.831. The quantitative estimate of drug-likeness (QED) is 0.618. The van der Waals surface area contributed by atoms with Crippen LogP contribution in [-0.4, -0.2) is 17.4 Å². The van der Waals surface area contributed by atoms with Crippen molar-refractivity contribution in [3.63, 3.8) is 0 Å². The molecule has 0 aliphatic rings. The van der Waals surface area contributed by atoms with Crippen LogP contribution in [-0.2, 0) is 4.79 Å². The van der Waals surface area contributed by atoms with E-state index < -0.39 is 0 Å². The monoisotopic (exact) mass is 189 g/mol. The summed E-state index contributed by atoms with van der Waals surface area (Å²) in [5.41, 5.74) is 6.24. The molecule has 0 fully saturated rings. The Morgan fingerprint density at radius 2 is 2.50 bits per heavy atom. The number of nitrogens with two attached hydrogens (primary N) is 1. The van der Waals surface area contributed by atoms with Crippen molar-refractivity contribution in [2.75, 3.05) is 12.3 Å². The van der Waals surface area contributed by atoms with E-state index >= 15 is 0 Å². The zero-order valence-electron chi connectivity index (χ0n) is 7.87. The minimum atomic E-state index is -0.0986. The van der Waals surface area contributed by atoms with Gasteiger partial charge in [0.1, 0.15) is 5.82 Å². The van der Waals surface area contributed by atoms with Crippen molar-refractivity contribution in [1.29, 1.82) is 0 Å². The number of hydrogen-bond donors (Lipinski definition) is 2. The molecule has 0 saturated carbocycles. The van der Waals surface area contributed by atoms with E-state index in [0.717, 1.165) is 0 Å². The second-order valence-electron chi connectivity index (χ2n) is 2.65. The van der Waals surface area contributed by atoms with Crippen LogP contribution in [0.5, 0.6) is 0 Å². The molecule has 1 aromatic heterocycles. The summed E-state index contributed by atoms with van der Waals surface area (Å²) < 4.78 is 0. The number of rotatable bonds is 1. The van der Waals surface area contributed by atoms with Crippen molar-refractivity contribution in [3.8, 4) is 11.8 Å². The van der Waals surface area contributed by atoms with E-state index in [-0.39, 0.29) is 5.91 Å². The molecule has 0 bridgehead atoms. The van der Waals surface area contributed by atoms with Gasteiger partial charge in [0.25, 0.3) is 0 Å². The molecule has 3 N–H and O–H groups in total. The normalized spacial score (nSPS) is 8.64. The number of nitrogens with one attached hydrogen (secondary N) is 1. The standard InChI is InChI=1S/C10H11N3O/c1-8(14)12-6-2-4-9-5-3-7-13-10(9)11/h3,5,7H,6H2,1H3,(H2,11,13)(H,12,14). The number of nitrogens with zero attached hydrogens (tertiary/aromatic N) is 1. The molecule has 1 rings (SSSR count). The van der Waals surface area contributed by atoms with Crippen LogP contribution >= 0.6 is 0 Å². The van der Waals surface area contributed by atoms with E-state index in [1.807, 2.05) is 0 Å². The second kappa shape index (κ2) is 4.87. The summed E-state index contributed by atoms with van der Waals surface area (Å²) in [6.07, 6.45) is 1.61. The number of hydrogen-bond acceptors (Lipinski definition) is 3. The Bertz CT molecular complexity index is 390. The first-order valence-electron chi connectivity index (χ1n) is 4.14. The first-order valence-corrected chi connectivity index (χ1v) is 4.14. The summed E-state index contributed by atoms with van der Waals surface area (Å²) in [5.74, 6) is 5.89. The predicted octanol–water partition coefficient (Wildman–Crippen LogP) is 0.151. The molecule has 0 aliphatic carbocycles. The van der Waals surface area contributed by atoms with Crippen LogP contribution in [0, 0.1) is 11.8 Å². The Morgan fingerprint density at radius 3 is 3.14 bits per heavy atom. The number of amides is 1. The molecule has 0 aliphatic heterocycles. The largest absolute Gasteiger partial charge is 0.383 e. The van der Waals surface area contributed by atoms with Gasteiger partial charge in [-0.05, 0) is 12.1 Å². The van der Waals surface area contributed by atoms with Gasteiger partial charge in [-0.15, -0.1) is 0 Å². The Balaban J connectivity index is 2.59. The van der Waals surface area contributed by atoms with E-state index in [0.29, 0.717) is 17.9 Å². The second-order valence-corrected chi connectivity index (χ2v) is 2.65. The molecule has 0 unspecified atom stereocenters. The van der Waals surface area contributed by atoms with Crippen LogP contribution < -0.4 is 11.1 Å². The fourth-order valence-electron chi connectivity index (χ4n) is 0.831. The first kappa shape index (κ1) is 10.1. The zero-order chi connectivity index (χ0) is 10.4. The molecule has 0 radical (unpaired) electrons. The van der Waals surface area contributed by atoms with E-state index in [4.69, 9.17) is 5.73 Å². The Labute approximate surface area is 82.5 Å². The van der Waals surface area contributed by atoms with Gasteiger partial charge < -0.3 is 11.1 Å². The maximum absolute atomic E-state index is 10.5. The molecule has 1 amide bonds. The molecule has 14 heavy (non-hydrogen) atoms. The van der Waals surface area contributed by atoms with Crippen molar-refractivity contribution in [2.45, 2.75) is 6.92 Å². The van der Waals surface area contributed by atoms with Crippen LogP contribution in [0.1, 0.15) is 12.5 Å². The summed E-state index contributed by atoms with van der Waals surface area (Å²) >= 11 is 0. The van der Waals surface area contributed by atoms with Gasteiger partial charge in [0.15, 0.2) is 0 Å². The van der Waals surface area contributed by atoms with Crippen LogP contribution in [0.4, 0.5) is 5.82 Å². The van der Waals surface area contributed by atoms with Gasteiger partial charge in [0.2, 0.25) is 5.91 Å². The van der Waals surface area contributed by atoms with Crippen molar-refractivity contribution in [2.24, 2.45) is 0 Å². The minimum Gasteiger partial charge on any atom is -0.383 e. The number of aromatic nitrogens is 1. The number of anilines is 1. The molecular weight excluding hydrogens is 178 g/mol. The smallest absolute Gasteiger partial charge is 0.217 e. The topological polar surface area (TPSA) is 68.0 Å². The molecule has 0 aromatic carbocycles. The average Bonchev–Trinajstić information content (AvgIpc) is 2.15. The summed E-state index contributed by atoms with van der Waals surface area (Å²) in [7, 11) is 0. The highest BCUT2D eigenvalue weighted by molar-refractivity contribution is 5.73. The van der Waals surface area contributed by atoms with E-state index in [9.17, 15) is 4.79 Å². The lowest BCUT2D eigenvalue weighted by Crippen LogP contribution is -2.19. The van der Waals surface area contributed by atoms with E-state index in [1.54, 1.807) is 18.3 Å². The number of nitrogen functional groups attached to an aromatic ring is 1. The van der Waals surface area contributed by atoms with E-state index in [1.165, 1.54) is 6.92 Å². The van der Waals surface area contributed by atoms with Gasteiger partial charge in [-0.3, -0.25) is 4.79 Å².